The van der Waals surface area contributed by atoms with Crippen LogP contribution in [0.15, 0.2) is 24.3 Å². The van der Waals surface area contributed by atoms with Crippen LogP contribution in [0.4, 0.5) is 0 Å². The van der Waals surface area contributed by atoms with Crippen molar-refractivity contribution < 1.29 is 19.1 Å². The molecule has 0 aliphatic rings. The lowest BCUT2D eigenvalue weighted by Crippen LogP contribution is -2.34. The molecule has 0 saturated carbocycles. The van der Waals surface area contributed by atoms with Gasteiger partial charge in [0.2, 0.25) is 5.91 Å². The number of nitrogens with two attached hydrogens (primary N) is 1. The molecule has 0 saturated heterocycles. The van der Waals surface area contributed by atoms with Gasteiger partial charge in [-0.15, -0.1) is 0 Å². The third kappa shape index (κ3) is 6.72. The van der Waals surface area contributed by atoms with Crippen molar-refractivity contribution in [1.82, 2.24) is 10.2 Å². The molecule has 1 aromatic carbocycles. The largest absolute Gasteiger partial charge is 0.483 e. The smallest absolute Gasteiger partial charge is 0.259 e. The highest BCUT2D eigenvalue weighted by Crippen LogP contribution is 2.27. The van der Waals surface area contributed by atoms with E-state index in [1.807, 2.05) is 25.1 Å². The van der Waals surface area contributed by atoms with Crippen LogP contribution in [0, 0.1) is 0 Å². The number of likely N-dealkylation sites (N-methyl/N-ethyl adjacent to an activating group) is 1. The fourth-order valence-electron chi connectivity index (χ4n) is 2.29. The minimum Gasteiger partial charge on any atom is -0.483 e. The summed E-state index contributed by atoms with van der Waals surface area (Å²) in [6, 6.07) is 7.19. The first-order valence-electron chi connectivity index (χ1n) is 8.36. The number of para-hydroxylation sites is 1. The number of carbonyl (C=O) groups excluding carboxylic acids is 2. The SMILES string of the molecule is CCC(NC(=O)CC(CN)OC)c1ccccc1OCC(=O)N(C)C. The maximum Gasteiger partial charge on any atom is 0.259 e. The van der Waals surface area contributed by atoms with E-state index in [1.54, 1.807) is 20.2 Å². The lowest BCUT2D eigenvalue weighted by molar-refractivity contribution is -0.131. The van der Waals surface area contributed by atoms with E-state index < -0.39 is 0 Å². The maximum atomic E-state index is 12.2. The number of benzene rings is 1. The summed E-state index contributed by atoms with van der Waals surface area (Å²) in [6.07, 6.45) is 0.585. The molecule has 3 N–H and O–H groups in total. The van der Waals surface area contributed by atoms with Crippen molar-refractivity contribution in [3.63, 3.8) is 0 Å². The quantitative estimate of drug-likeness (QED) is 0.658. The first-order valence-corrected chi connectivity index (χ1v) is 8.36. The summed E-state index contributed by atoms with van der Waals surface area (Å²) < 4.78 is 10.8. The van der Waals surface area contributed by atoms with Gasteiger partial charge in [-0.25, -0.2) is 0 Å². The molecule has 0 aromatic heterocycles. The Morgan fingerprint density at radius 1 is 1.28 bits per heavy atom. The van der Waals surface area contributed by atoms with Gasteiger partial charge in [-0.1, -0.05) is 25.1 Å². The molecule has 1 rings (SSSR count). The van der Waals surface area contributed by atoms with Gasteiger partial charge in [-0.05, 0) is 12.5 Å². The molecule has 140 valence electrons. The normalized spacial score (nSPS) is 13.0. The standard InChI is InChI=1S/C18H29N3O4/c1-5-15(20-17(22)10-13(11-19)24-4)14-8-6-7-9-16(14)25-12-18(23)21(2)3/h6-9,13,15H,5,10-12,19H2,1-4H3,(H,20,22). The third-order valence-electron chi connectivity index (χ3n) is 3.90. The number of nitrogens with zero attached hydrogens (tertiary/aromatic N) is 1. The Kier molecular flexibility index (Phi) is 8.94. The lowest BCUT2D eigenvalue weighted by Gasteiger charge is -2.22. The van der Waals surface area contributed by atoms with Gasteiger partial charge in [-0.3, -0.25) is 9.59 Å². The summed E-state index contributed by atoms with van der Waals surface area (Å²) in [5.74, 6) is 0.327. The minimum atomic E-state index is -0.304. The Balaban J connectivity index is 2.82. The number of hydrogen-bond donors (Lipinski definition) is 2. The van der Waals surface area contributed by atoms with Crippen molar-refractivity contribution in [2.75, 3.05) is 34.4 Å². The molecule has 0 heterocycles. The molecule has 25 heavy (non-hydrogen) atoms. The van der Waals surface area contributed by atoms with Gasteiger partial charge >= 0.3 is 0 Å². The lowest BCUT2D eigenvalue weighted by atomic mass is 10.0. The first kappa shape index (κ1) is 20.9. The summed E-state index contributed by atoms with van der Waals surface area (Å²) >= 11 is 0. The zero-order valence-corrected chi connectivity index (χ0v) is 15.5. The highest BCUT2D eigenvalue weighted by molar-refractivity contribution is 5.78. The van der Waals surface area contributed by atoms with Crippen LogP contribution in [0.2, 0.25) is 0 Å². The van der Waals surface area contributed by atoms with Crippen LogP contribution in [-0.2, 0) is 14.3 Å². The van der Waals surface area contributed by atoms with Gasteiger partial charge in [0.05, 0.1) is 18.6 Å². The molecule has 0 fully saturated rings. The van der Waals surface area contributed by atoms with Gasteiger partial charge in [0, 0.05) is 33.3 Å². The minimum absolute atomic E-state index is 0.0483. The summed E-state index contributed by atoms with van der Waals surface area (Å²) in [4.78, 5) is 25.4. The molecule has 0 aliphatic carbocycles. The summed E-state index contributed by atoms with van der Waals surface area (Å²) in [5, 5.41) is 2.98. The Hall–Kier alpha value is -2.12. The van der Waals surface area contributed by atoms with E-state index in [1.165, 1.54) is 12.0 Å². The average molecular weight is 351 g/mol. The van der Waals surface area contributed by atoms with E-state index in [-0.39, 0.29) is 43.5 Å². The monoisotopic (exact) mass is 351 g/mol. The van der Waals surface area contributed by atoms with E-state index >= 15 is 0 Å². The fraction of sp³-hybridized carbons (Fsp3) is 0.556. The Morgan fingerprint density at radius 2 is 1.96 bits per heavy atom. The average Bonchev–Trinajstić information content (AvgIpc) is 2.62. The van der Waals surface area contributed by atoms with Gasteiger partial charge < -0.3 is 25.4 Å². The summed E-state index contributed by atoms with van der Waals surface area (Å²) in [5.41, 5.74) is 6.40. The van der Waals surface area contributed by atoms with Gasteiger partial charge in [0.1, 0.15) is 5.75 Å². The van der Waals surface area contributed by atoms with Crippen molar-refractivity contribution in [1.29, 1.82) is 0 Å². The highest BCUT2D eigenvalue weighted by atomic mass is 16.5. The third-order valence-corrected chi connectivity index (χ3v) is 3.90. The van der Waals surface area contributed by atoms with Crippen molar-refractivity contribution in [2.24, 2.45) is 5.73 Å². The molecule has 2 amide bonds. The Labute approximate surface area is 149 Å². The van der Waals surface area contributed by atoms with Crippen LogP contribution < -0.4 is 15.8 Å². The van der Waals surface area contributed by atoms with E-state index in [4.69, 9.17) is 15.2 Å². The first-order chi connectivity index (χ1) is 11.9. The number of carbonyl (C=O) groups is 2. The van der Waals surface area contributed by atoms with Crippen LogP contribution in [-0.4, -0.2) is 57.2 Å². The Bertz CT molecular complexity index is 559. The van der Waals surface area contributed by atoms with Gasteiger partial charge in [0.15, 0.2) is 6.61 Å². The molecule has 0 bridgehead atoms. The number of rotatable bonds is 10. The summed E-state index contributed by atoms with van der Waals surface area (Å²) in [7, 11) is 4.89. The van der Waals surface area contributed by atoms with E-state index in [2.05, 4.69) is 5.32 Å². The second-order valence-electron chi connectivity index (χ2n) is 5.94. The van der Waals surface area contributed by atoms with Gasteiger partial charge in [-0.2, -0.15) is 0 Å². The maximum absolute atomic E-state index is 12.2. The zero-order chi connectivity index (χ0) is 18.8. The molecule has 7 nitrogen and oxygen atoms in total. The van der Waals surface area contributed by atoms with Crippen LogP contribution in [0.1, 0.15) is 31.4 Å². The van der Waals surface area contributed by atoms with E-state index in [0.29, 0.717) is 12.2 Å². The topological polar surface area (TPSA) is 93.9 Å². The fourth-order valence-corrected chi connectivity index (χ4v) is 2.29. The molecule has 1 aromatic rings. The molecule has 0 aliphatic heterocycles. The van der Waals surface area contributed by atoms with Crippen molar-refractivity contribution in [3.05, 3.63) is 29.8 Å². The van der Waals surface area contributed by atoms with Crippen LogP contribution in [0.5, 0.6) is 5.75 Å². The van der Waals surface area contributed by atoms with Gasteiger partial charge in [0.25, 0.3) is 5.91 Å². The Morgan fingerprint density at radius 3 is 2.52 bits per heavy atom. The predicted molar refractivity (Wildman–Crippen MR) is 96.3 cm³/mol. The molecule has 2 atom stereocenters. The number of hydrogen-bond acceptors (Lipinski definition) is 5. The van der Waals surface area contributed by atoms with Crippen LogP contribution >= 0.6 is 0 Å². The highest BCUT2D eigenvalue weighted by Gasteiger charge is 2.19. The van der Waals surface area contributed by atoms with Crippen LogP contribution in [0.25, 0.3) is 0 Å². The number of nitrogens with one attached hydrogen (secondary N) is 1. The predicted octanol–water partition coefficient (Wildman–Crippen LogP) is 1.08. The zero-order valence-electron chi connectivity index (χ0n) is 15.5. The molecular formula is C18H29N3O4. The second-order valence-corrected chi connectivity index (χ2v) is 5.94. The second kappa shape index (κ2) is 10.7. The van der Waals surface area contributed by atoms with Crippen molar-refractivity contribution in [2.45, 2.75) is 31.9 Å². The number of ether oxygens (including phenoxy) is 2. The molecule has 0 radical (unpaired) electrons. The van der Waals surface area contributed by atoms with E-state index in [0.717, 1.165) is 5.56 Å². The summed E-state index contributed by atoms with van der Waals surface area (Å²) in [6.45, 7) is 2.21. The molecule has 0 spiro atoms. The number of amides is 2. The van der Waals surface area contributed by atoms with Crippen molar-refractivity contribution >= 4 is 11.8 Å². The molecular weight excluding hydrogens is 322 g/mol. The molecule has 2 unspecified atom stereocenters. The van der Waals surface area contributed by atoms with E-state index in [9.17, 15) is 9.59 Å². The van der Waals surface area contributed by atoms with Crippen molar-refractivity contribution in [3.8, 4) is 5.75 Å². The van der Waals surface area contributed by atoms with Crippen LogP contribution in [0.3, 0.4) is 0 Å². The molecule has 7 heteroatoms. The number of methoxy groups -OCH3 is 1.